The number of amides is 1. The molecular formula is C30H22N4OS. The predicted octanol–water partition coefficient (Wildman–Crippen LogP) is 7.06. The van der Waals surface area contributed by atoms with Crippen LogP contribution in [0.5, 0.6) is 0 Å². The summed E-state index contributed by atoms with van der Waals surface area (Å²) in [5.41, 5.74) is 6.05. The van der Waals surface area contributed by atoms with Crippen LogP contribution in [0.3, 0.4) is 0 Å². The fraction of sp³-hybridized carbons (Fsp3) is 0.0667. The van der Waals surface area contributed by atoms with Gasteiger partial charge in [0, 0.05) is 23.3 Å². The summed E-state index contributed by atoms with van der Waals surface area (Å²) >= 11 is 1.53. The number of hydrogen-bond acceptors (Lipinski definition) is 5. The maximum Gasteiger partial charge on any atom is 0.261 e. The van der Waals surface area contributed by atoms with Gasteiger partial charge in [-0.1, -0.05) is 78.1 Å². The smallest absolute Gasteiger partial charge is 0.261 e. The zero-order chi connectivity index (χ0) is 24.5. The fourth-order valence-corrected chi connectivity index (χ4v) is 5.39. The normalized spacial score (nSPS) is 11.1. The number of carbonyl (C=O) groups excluding carboxylic acids is 1. The second kappa shape index (κ2) is 9.32. The number of aryl methyl sites for hydroxylation is 1. The number of hydrogen-bond donors (Lipinski definition) is 0. The number of anilines is 1. The van der Waals surface area contributed by atoms with Crippen molar-refractivity contribution in [3.8, 4) is 11.3 Å². The Labute approximate surface area is 212 Å². The number of nitrogens with zero attached hydrogens (tertiary/aromatic N) is 4. The van der Waals surface area contributed by atoms with Crippen LogP contribution in [0.2, 0.25) is 0 Å². The molecule has 3 aromatic carbocycles. The summed E-state index contributed by atoms with van der Waals surface area (Å²) in [5, 5.41) is 1.48. The van der Waals surface area contributed by atoms with Gasteiger partial charge in [-0.15, -0.1) is 0 Å². The molecule has 0 atom stereocenters. The van der Waals surface area contributed by atoms with Crippen molar-refractivity contribution in [2.45, 2.75) is 13.5 Å². The van der Waals surface area contributed by atoms with E-state index in [1.54, 1.807) is 17.3 Å². The number of benzene rings is 3. The molecule has 6 aromatic rings. The van der Waals surface area contributed by atoms with E-state index in [-0.39, 0.29) is 5.91 Å². The Bertz CT molecular complexity index is 1700. The van der Waals surface area contributed by atoms with Crippen LogP contribution in [-0.2, 0) is 6.54 Å². The third-order valence-electron chi connectivity index (χ3n) is 6.17. The summed E-state index contributed by atoms with van der Waals surface area (Å²) in [6.45, 7) is 2.41. The van der Waals surface area contributed by atoms with Crippen LogP contribution < -0.4 is 4.90 Å². The van der Waals surface area contributed by atoms with Crippen LogP contribution in [0.25, 0.3) is 32.4 Å². The van der Waals surface area contributed by atoms with Crippen LogP contribution >= 0.6 is 11.3 Å². The molecule has 3 aromatic heterocycles. The molecule has 36 heavy (non-hydrogen) atoms. The Balaban J connectivity index is 1.53. The van der Waals surface area contributed by atoms with E-state index in [0.717, 1.165) is 43.5 Å². The van der Waals surface area contributed by atoms with Gasteiger partial charge in [0.1, 0.15) is 0 Å². The summed E-state index contributed by atoms with van der Waals surface area (Å²) in [6.07, 6.45) is 3.53. The van der Waals surface area contributed by atoms with Crippen molar-refractivity contribution in [3.63, 3.8) is 0 Å². The van der Waals surface area contributed by atoms with Crippen molar-refractivity contribution in [1.29, 1.82) is 0 Å². The molecule has 6 rings (SSSR count). The van der Waals surface area contributed by atoms with Gasteiger partial charge in [0.2, 0.25) is 0 Å². The highest BCUT2D eigenvalue weighted by Gasteiger charge is 2.25. The average molecular weight is 487 g/mol. The lowest BCUT2D eigenvalue weighted by atomic mass is 10.0. The van der Waals surface area contributed by atoms with Gasteiger partial charge in [0.25, 0.3) is 5.91 Å². The van der Waals surface area contributed by atoms with E-state index in [1.807, 2.05) is 97.9 Å². The lowest BCUT2D eigenvalue weighted by Gasteiger charge is -2.21. The summed E-state index contributed by atoms with van der Waals surface area (Å²) in [6, 6.07) is 29.6. The third kappa shape index (κ3) is 4.12. The van der Waals surface area contributed by atoms with Crippen molar-refractivity contribution < 1.29 is 4.79 Å². The standard InChI is InChI=1S/C30H22N4OS/c1-20-9-7-15-27-28(20)33-30(36-27)34(19-21-10-8-16-31-18-21)29(35)24-17-26(22-11-3-2-4-12-22)32-25-14-6-5-13-23(24)25/h2-18H,19H2,1H3. The van der Waals surface area contributed by atoms with E-state index in [2.05, 4.69) is 4.98 Å². The number of para-hydroxylation sites is 2. The molecule has 0 radical (unpaired) electrons. The van der Waals surface area contributed by atoms with Crippen molar-refractivity contribution in [2.24, 2.45) is 0 Å². The quantitative estimate of drug-likeness (QED) is 0.262. The van der Waals surface area contributed by atoms with E-state index in [4.69, 9.17) is 9.97 Å². The van der Waals surface area contributed by atoms with Gasteiger partial charge >= 0.3 is 0 Å². The minimum atomic E-state index is -0.119. The summed E-state index contributed by atoms with van der Waals surface area (Å²) < 4.78 is 1.05. The second-order valence-electron chi connectivity index (χ2n) is 8.61. The highest BCUT2D eigenvalue weighted by Crippen LogP contribution is 2.34. The Kier molecular flexibility index (Phi) is 5.71. The topological polar surface area (TPSA) is 59.0 Å². The first kappa shape index (κ1) is 22.1. The molecule has 0 spiro atoms. The number of aromatic nitrogens is 3. The van der Waals surface area contributed by atoms with Gasteiger partial charge in [-0.2, -0.15) is 0 Å². The number of carbonyl (C=O) groups is 1. The first-order valence-corrected chi connectivity index (χ1v) is 12.5. The van der Waals surface area contributed by atoms with Crippen molar-refractivity contribution in [3.05, 3.63) is 120 Å². The highest BCUT2D eigenvalue weighted by molar-refractivity contribution is 7.22. The van der Waals surface area contributed by atoms with E-state index in [1.165, 1.54) is 11.3 Å². The maximum atomic E-state index is 14.4. The van der Waals surface area contributed by atoms with E-state index >= 15 is 0 Å². The second-order valence-corrected chi connectivity index (χ2v) is 9.62. The molecule has 0 unspecified atom stereocenters. The van der Waals surface area contributed by atoms with E-state index in [9.17, 15) is 4.79 Å². The van der Waals surface area contributed by atoms with Crippen molar-refractivity contribution >= 4 is 43.5 Å². The minimum Gasteiger partial charge on any atom is -0.279 e. The lowest BCUT2D eigenvalue weighted by Crippen LogP contribution is -2.30. The van der Waals surface area contributed by atoms with Gasteiger partial charge in [-0.25, -0.2) is 9.97 Å². The molecule has 0 aliphatic heterocycles. The predicted molar refractivity (Wildman–Crippen MR) is 146 cm³/mol. The first-order chi connectivity index (χ1) is 17.7. The molecule has 0 N–H and O–H groups in total. The Morgan fingerprint density at radius 2 is 1.72 bits per heavy atom. The highest BCUT2D eigenvalue weighted by atomic mass is 32.1. The van der Waals surface area contributed by atoms with Crippen molar-refractivity contribution in [1.82, 2.24) is 15.0 Å². The Hall–Kier alpha value is -4.42. The van der Waals surface area contributed by atoms with E-state index < -0.39 is 0 Å². The molecule has 3 heterocycles. The molecule has 0 bridgehead atoms. The number of thiazole rings is 1. The van der Waals surface area contributed by atoms with Gasteiger partial charge in [-0.05, 0) is 42.3 Å². The first-order valence-electron chi connectivity index (χ1n) is 11.7. The number of fused-ring (bicyclic) bond motifs is 2. The van der Waals surface area contributed by atoms with Crippen LogP contribution in [-0.4, -0.2) is 20.9 Å². The minimum absolute atomic E-state index is 0.119. The van der Waals surface area contributed by atoms with Gasteiger partial charge < -0.3 is 0 Å². The third-order valence-corrected chi connectivity index (χ3v) is 7.21. The molecule has 174 valence electrons. The maximum absolute atomic E-state index is 14.4. The average Bonchev–Trinajstić information content (AvgIpc) is 3.37. The summed E-state index contributed by atoms with van der Waals surface area (Å²) in [5.74, 6) is -0.119. The molecule has 0 aliphatic rings. The zero-order valence-corrected chi connectivity index (χ0v) is 20.4. The van der Waals surface area contributed by atoms with Crippen LogP contribution in [0.1, 0.15) is 21.5 Å². The van der Waals surface area contributed by atoms with Gasteiger partial charge in [-0.3, -0.25) is 14.7 Å². The number of pyridine rings is 2. The molecule has 0 fully saturated rings. The van der Waals surface area contributed by atoms with Crippen LogP contribution in [0.4, 0.5) is 5.13 Å². The van der Waals surface area contributed by atoms with Crippen molar-refractivity contribution in [2.75, 3.05) is 4.90 Å². The molecule has 0 saturated carbocycles. The monoisotopic (exact) mass is 486 g/mol. The summed E-state index contributed by atoms with van der Waals surface area (Å²) in [4.78, 5) is 30.1. The Morgan fingerprint density at radius 3 is 2.53 bits per heavy atom. The zero-order valence-electron chi connectivity index (χ0n) is 19.6. The van der Waals surface area contributed by atoms with Crippen LogP contribution in [0.15, 0.2) is 103 Å². The van der Waals surface area contributed by atoms with Gasteiger partial charge in [0.15, 0.2) is 5.13 Å². The summed E-state index contributed by atoms with van der Waals surface area (Å²) in [7, 11) is 0. The SMILES string of the molecule is Cc1cccc2sc(N(Cc3cccnc3)C(=O)c3cc(-c4ccccc4)nc4ccccc34)nc12. The molecular weight excluding hydrogens is 464 g/mol. The molecule has 6 heteroatoms. The molecule has 5 nitrogen and oxygen atoms in total. The fourth-order valence-electron chi connectivity index (χ4n) is 4.35. The number of rotatable bonds is 5. The van der Waals surface area contributed by atoms with E-state index in [0.29, 0.717) is 17.2 Å². The molecule has 0 saturated heterocycles. The largest absolute Gasteiger partial charge is 0.279 e. The van der Waals surface area contributed by atoms with Crippen LogP contribution in [0, 0.1) is 6.92 Å². The Morgan fingerprint density at radius 1 is 0.889 bits per heavy atom. The lowest BCUT2D eigenvalue weighted by molar-refractivity contribution is 0.0986. The van der Waals surface area contributed by atoms with Gasteiger partial charge in [0.05, 0.1) is 33.5 Å². The molecule has 1 amide bonds. The molecule has 0 aliphatic carbocycles.